The van der Waals surface area contributed by atoms with E-state index in [1.807, 2.05) is 14.0 Å². The number of hydrogen-bond donors (Lipinski definition) is 1. The van der Waals surface area contributed by atoms with E-state index < -0.39 is 0 Å². The molecule has 1 aromatic carbocycles. The summed E-state index contributed by atoms with van der Waals surface area (Å²) in [5.74, 6) is 2.57. The van der Waals surface area contributed by atoms with Gasteiger partial charge in [0.25, 0.3) is 0 Å². The molecule has 0 aromatic heterocycles. The second kappa shape index (κ2) is 9.79. The van der Waals surface area contributed by atoms with Crippen molar-refractivity contribution < 1.29 is 19.0 Å². The summed E-state index contributed by atoms with van der Waals surface area (Å²) < 4.78 is 16.8. The van der Waals surface area contributed by atoms with E-state index in [9.17, 15) is 4.79 Å². The van der Waals surface area contributed by atoms with E-state index in [4.69, 9.17) is 14.2 Å². The minimum absolute atomic E-state index is 0.00759. The number of ether oxygens (including phenoxy) is 3. The summed E-state index contributed by atoms with van der Waals surface area (Å²) in [6, 6.07) is 6.43. The number of hydrogen-bond acceptors (Lipinski definition) is 5. The van der Waals surface area contributed by atoms with Crippen molar-refractivity contribution in [2.24, 2.45) is 10.9 Å². The zero-order valence-corrected chi connectivity index (χ0v) is 18.8. The van der Waals surface area contributed by atoms with Crippen LogP contribution >= 0.6 is 0 Å². The molecule has 4 rings (SSSR count). The summed E-state index contributed by atoms with van der Waals surface area (Å²) in [6.45, 7) is 6.01. The molecule has 1 aliphatic carbocycles. The van der Waals surface area contributed by atoms with Crippen LogP contribution in [0.5, 0.6) is 11.5 Å². The Morgan fingerprint density at radius 1 is 1.19 bits per heavy atom. The van der Waals surface area contributed by atoms with Crippen molar-refractivity contribution in [2.45, 2.75) is 50.9 Å². The third kappa shape index (κ3) is 4.75. The normalized spacial score (nSPS) is 21.1. The van der Waals surface area contributed by atoms with Gasteiger partial charge in [-0.3, -0.25) is 9.79 Å². The summed E-state index contributed by atoms with van der Waals surface area (Å²) in [7, 11) is 1.84. The van der Waals surface area contributed by atoms with E-state index >= 15 is 0 Å². The molecule has 1 saturated heterocycles. The Bertz CT molecular complexity index is 796. The maximum atomic E-state index is 12.0. The predicted molar refractivity (Wildman–Crippen MR) is 120 cm³/mol. The van der Waals surface area contributed by atoms with Crippen LogP contribution in [0.3, 0.4) is 0 Å². The van der Waals surface area contributed by atoms with Crippen LogP contribution in [0.1, 0.15) is 51.0 Å². The molecule has 0 unspecified atom stereocenters. The molecule has 1 aromatic rings. The molecular weight excluding hydrogens is 394 g/mol. The number of rotatable bonds is 5. The molecular formula is C24H35N3O4. The molecule has 31 heavy (non-hydrogen) atoms. The van der Waals surface area contributed by atoms with Gasteiger partial charge in [-0.1, -0.05) is 18.9 Å². The van der Waals surface area contributed by atoms with Gasteiger partial charge in [-0.05, 0) is 50.3 Å². The van der Waals surface area contributed by atoms with Crippen LogP contribution < -0.4 is 14.8 Å². The van der Waals surface area contributed by atoms with Crippen LogP contribution in [-0.2, 0) is 14.9 Å². The number of nitrogens with zero attached hydrogens (tertiary/aromatic N) is 2. The fourth-order valence-electron chi connectivity index (χ4n) is 5.16. The van der Waals surface area contributed by atoms with Gasteiger partial charge in [0.05, 0.1) is 12.5 Å². The number of fused-ring (bicyclic) bond motifs is 1. The maximum Gasteiger partial charge on any atom is 0.309 e. The Hall–Kier alpha value is -2.44. The van der Waals surface area contributed by atoms with E-state index in [1.54, 1.807) is 0 Å². The first-order valence-electron chi connectivity index (χ1n) is 11.7. The molecule has 2 aliphatic heterocycles. The molecule has 0 amide bonds. The SMILES string of the molecule is CCOC(=O)C1CCN(C(=NC)NCC2(c3ccc4c(c3)OCCO4)CCCC2)CC1. The Balaban J connectivity index is 1.40. The number of guanidine groups is 1. The van der Waals surface area contributed by atoms with Gasteiger partial charge in [0.15, 0.2) is 17.5 Å². The highest BCUT2D eigenvalue weighted by Gasteiger charge is 2.37. The Morgan fingerprint density at radius 3 is 2.58 bits per heavy atom. The third-order valence-corrected chi connectivity index (χ3v) is 6.93. The Labute approximate surface area is 185 Å². The number of aliphatic imine (C=N–C) groups is 1. The molecule has 0 atom stereocenters. The number of likely N-dealkylation sites (tertiary alicyclic amines) is 1. The smallest absolute Gasteiger partial charge is 0.309 e. The van der Waals surface area contributed by atoms with Gasteiger partial charge < -0.3 is 24.4 Å². The lowest BCUT2D eigenvalue weighted by atomic mass is 9.78. The highest BCUT2D eigenvalue weighted by atomic mass is 16.6. The lowest BCUT2D eigenvalue weighted by Gasteiger charge is -2.36. The second-order valence-corrected chi connectivity index (χ2v) is 8.76. The molecule has 2 heterocycles. The van der Waals surface area contributed by atoms with E-state index in [0.717, 1.165) is 62.8 Å². The fraction of sp³-hybridized carbons (Fsp3) is 0.667. The van der Waals surface area contributed by atoms with Crippen molar-refractivity contribution in [2.75, 3.05) is 46.5 Å². The van der Waals surface area contributed by atoms with Gasteiger partial charge >= 0.3 is 5.97 Å². The van der Waals surface area contributed by atoms with Crippen LogP contribution in [0.4, 0.5) is 0 Å². The third-order valence-electron chi connectivity index (χ3n) is 6.93. The van der Waals surface area contributed by atoms with Crippen LogP contribution in [-0.4, -0.2) is 63.3 Å². The topological polar surface area (TPSA) is 72.4 Å². The average Bonchev–Trinajstić information content (AvgIpc) is 3.30. The molecule has 0 spiro atoms. The maximum absolute atomic E-state index is 12.0. The molecule has 7 heteroatoms. The minimum Gasteiger partial charge on any atom is -0.486 e. The van der Waals surface area contributed by atoms with Crippen molar-refractivity contribution in [1.29, 1.82) is 0 Å². The molecule has 7 nitrogen and oxygen atoms in total. The van der Waals surface area contributed by atoms with Crippen LogP contribution in [0.25, 0.3) is 0 Å². The Morgan fingerprint density at radius 2 is 1.90 bits per heavy atom. The molecule has 2 fully saturated rings. The first kappa shape index (κ1) is 21.8. The van der Waals surface area contributed by atoms with E-state index in [2.05, 4.69) is 33.4 Å². The van der Waals surface area contributed by atoms with Crippen LogP contribution in [0.2, 0.25) is 0 Å². The van der Waals surface area contributed by atoms with Gasteiger partial charge in [-0.2, -0.15) is 0 Å². The second-order valence-electron chi connectivity index (χ2n) is 8.76. The van der Waals surface area contributed by atoms with Crippen molar-refractivity contribution in [3.8, 4) is 11.5 Å². The lowest BCUT2D eigenvalue weighted by Crippen LogP contribution is -2.49. The summed E-state index contributed by atoms with van der Waals surface area (Å²) >= 11 is 0. The van der Waals surface area contributed by atoms with Gasteiger partial charge in [0.1, 0.15) is 13.2 Å². The first-order valence-corrected chi connectivity index (χ1v) is 11.7. The number of carbonyl (C=O) groups excluding carboxylic acids is 1. The van der Waals surface area contributed by atoms with E-state index in [1.165, 1.54) is 18.4 Å². The summed E-state index contributed by atoms with van der Waals surface area (Å²) in [5.41, 5.74) is 1.40. The van der Waals surface area contributed by atoms with Crippen molar-refractivity contribution in [1.82, 2.24) is 10.2 Å². The van der Waals surface area contributed by atoms with Crippen molar-refractivity contribution in [3.05, 3.63) is 23.8 Å². The molecule has 1 N–H and O–H groups in total. The van der Waals surface area contributed by atoms with Gasteiger partial charge in [0.2, 0.25) is 0 Å². The fourth-order valence-corrected chi connectivity index (χ4v) is 5.16. The number of carbonyl (C=O) groups is 1. The van der Waals surface area contributed by atoms with Crippen molar-refractivity contribution in [3.63, 3.8) is 0 Å². The Kier molecular flexibility index (Phi) is 6.88. The number of esters is 1. The van der Waals surface area contributed by atoms with Gasteiger partial charge in [-0.25, -0.2) is 0 Å². The zero-order valence-electron chi connectivity index (χ0n) is 18.8. The van der Waals surface area contributed by atoms with E-state index in [-0.39, 0.29) is 17.3 Å². The average molecular weight is 430 g/mol. The molecule has 1 saturated carbocycles. The zero-order chi connectivity index (χ0) is 21.7. The summed E-state index contributed by atoms with van der Waals surface area (Å²) in [5, 5.41) is 3.66. The number of nitrogens with one attached hydrogen (secondary N) is 1. The lowest BCUT2D eigenvalue weighted by molar-refractivity contribution is -0.149. The molecule has 3 aliphatic rings. The largest absolute Gasteiger partial charge is 0.486 e. The van der Waals surface area contributed by atoms with E-state index in [0.29, 0.717) is 19.8 Å². The minimum atomic E-state index is -0.0615. The summed E-state index contributed by atoms with van der Waals surface area (Å²) in [4.78, 5) is 18.8. The highest BCUT2D eigenvalue weighted by Crippen LogP contribution is 2.43. The monoisotopic (exact) mass is 429 g/mol. The molecule has 0 radical (unpaired) electrons. The standard InChI is InChI=1S/C24H35N3O4/c1-3-29-22(28)18-8-12-27(13-9-18)23(25-2)26-17-24(10-4-5-11-24)19-6-7-20-21(16-19)31-15-14-30-20/h6-7,16,18H,3-5,8-15,17H2,1-2H3,(H,25,26). The number of piperidine rings is 1. The van der Waals surface area contributed by atoms with Gasteiger partial charge in [0, 0.05) is 32.1 Å². The van der Waals surface area contributed by atoms with Gasteiger partial charge in [-0.15, -0.1) is 0 Å². The number of benzene rings is 1. The molecule has 0 bridgehead atoms. The van der Waals surface area contributed by atoms with Crippen LogP contribution in [0.15, 0.2) is 23.2 Å². The van der Waals surface area contributed by atoms with Crippen molar-refractivity contribution >= 4 is 11.9 Å². The highest BCUT2D eigenvalue weighted by molar-refractivity contribution is 5.80. The van der Waals surface area contributed by atoms with Crippen LogP contribution in [0, 0.1) is 5.92 Å². The quantitative estimate of drug-likeness (QED) is 0.441. The molecule has 170 valence electrons. The summed E-state index contributed by atoms with van der Waals surface area (Å²) in [6.07, 6.45) is 6.40. The predicted octanol–water partition coefficient (Wildman–Crippen LogP) is 3.12. The first-order chi connectivity index (χ1) is 15.1.